The predicted molar refractivity (Wildman–Crippen MR) is 122 cm³/mol. The minimum atomic E-state index is 0.676. The highest BCUT2D eigenvalue weighted by molar-refractivity contribution is 6.30. The van der Waals surface area contributed by atoms with Gasteiger partial charge >= 0.3 is 0 Å². The van der Waals surface area contributed by atoms with Gasteiger partial charge in [0.05, 0.1) is 0 Å². The zero-order chi connectivity index (χ0) is 19.6. The molecule has 5 heteroatoms. The summed E-state index contributed by atoms with van der Waals surface area (Å²) in [6, 6.07) is 17.6. The molecule has 0 radical (unpaired) electrons. The van der Waals surface area contributed by atoms with E-state index in [-0.39, 0.29) is 0 Å². The molecule has 3 heterocycles. The van der Waals surface area contributed by atoms with Crippen molar-refractivity contribution in [1.29, 1.82) is 0 Å². The third-order valence-electron chi connectivity index (χ3n) is 6.55. The second kappa shape index (κ2) is 8.39. The molecule has 1 N–H and O–H groups in total. The van der Waals surface area contributed by atoms with E-state index in [1.807, 2.05) is 12.1 Å². The van der Waals surface area contributed by atoms with Gasteiger partial charge in [-0.15, -0.1) is 0 Å². The number of piperazine rings is 1. The molecule has 1 atom stereocenters. The number of halogens is 1. The number of nitrogens with zero attached hydrogens (tertiary/aromatic N) is 3. The minimum absolute atomic E-state index is 0.676. The van der Waals surface area contributed by atoms with Crippen LogP contribution in [0.25, 0.3) is 10.9 Å². The quantitative estimate of drug-likeness (QED) is 0.682. The van der Waals surface area contributed by atoms with Crippen molar-refractivity contribution in [2.24, 2.45) is 0 Å². The highest BCUT2D eigenvalue weighted by Crippen LogP contribution is 2.25. The van der Waals surface area contributed by atoms with E-state index in [1.165, 1.54) is 48.1 Å². The maximum Gasteiger partial charge on any atom is 0.0457 e. The summed E-state index contributed by atoms with van der Waals surface area (Å²) in [7, 11) is 0. The van der Waals surface area contributed by atoms with E-state index in [9.17, 15) is 0 Å². The standard InChI is InChI=1S/C24H29ClN4/c25-20-5-3-6-21(15-20)28-11-13-29(14-12-28)22-7-4-10-27(18-22)17-19-16-26-24-9-2-1-8-23(19)24/h1-3,5-6,8-9,15-16,22,26H,4,7,10-14,17-18H2/t22-/m1/s1. The number of para-hydroxylation sites is 1. The van der Waals surface area contributed by atoms with Crippen LogP contribution in [0, 0.1) is 0 Å². The summed E-state index contributed by atoms with van der Waals surface area (Å²) in [5, 5.41) is 2.19. The molecule has 2 fully saturated rings. The molecule has 0 unspecified atom stereocenters. The van der Waals surface area contributed by atoms with Gasteiger partial charge in [-0.2, -0.15) is 0 Å². The third kappa shape index (κ3) is 4.16. The lowest BCUT2D eigenvalue weighted by Gasteiger charge is -2.44. The number of hydrogen-bond donors (Lipinski definition) is 1. The molecule has 0 amide bonds. The Hall–Kier alpha value is -2.01. The highest BCUT2D eigenvalue weighted by Gasteiger charge is 2.28. The Labute approximate surface area is 178 Å². The van der Waals surface area contributed by atoms with Gasteiger partial charge in [0, 0.05) is 73.1 Å². The third-order valence-corrected chi connectivity index (χ3v) is 6.79. The van der Waals surface area contributed by atoms with Crippen molar-refractivity contribution in [3.63, 3.8) is 0 Å². The predicted octanol–water partition coefficient (Wildman–Crippen LogP) is 4.61. The zero-order valence-electron chi connectivity index (χ0n) is 16.9. The zero-order valence-corrected chi connectivity index (χ0v) is 17.6. The van der Waals surface area contributed by atoms with Crippen LogP contribution in [0.1, 0.15) is 18.4 Å². The summed E-state index contributed by atoms with van der Waals surface area (Å²) in [5.41, 5.74) is 3.92. The van der Waals surface area contributed by atoms with Crippen molar-refractivity contribution in [1.82, 2.24) is 14.8 Å². The number of piperidine rings is 1. The van der Waals surface area contributed by atoms with E-state index in [0.29, 0.717) is 6.04 Å². The van der Waals surface area contributed by atoms with E-state index in [1.54, 1.807) is 0 Å². The summed E-state index contributed by atoms with van der Waals surface area (Å²) in [6.07, 6.45) is 4.81. The maximum absolute atomic E-state index is 6.18. The van der Waals surface area contributed by atoms with Gasteiger partial charge in [0.1, 0.15) is 0 Å². The van der Waals surface area contributed by atoms with Crippen LogP contribution >= 0.6 is 11.6 Å². The summed E-state index contributed by atoms with van der Waals surface area (Å²) in [6.45, 7) is 7.87. The number of benzene rings is 2. The average molecular weight is 409 g/mol. The van der Waals surface area contributed by atoms with Gasteiger partial charge in [0.25, 0.3) is 0 Å². The molecule has 2 saturated heterocycles. The van der Waals surface area contributed by atoms with Crippen molar-refractivity contribution < 1.29 is 0 Å². The fourth-order valence-electron chi connectivity index (χ4n) is 4.99. The van der Waals surface area contributed by atoms with Gasteiger partial charge in [0.15, 0.2) is 0 Å². The van der Waals surface area contributed by atoms with Gasteiger partial charge < -0.3 is 9.88 Å². The number of fused-ring (bicyclic) bond motifs is 1. The largest absolute Gasteiger partial charge is 0.369 e. The molecule has 2 aromatic carbocycles. The van der Waals surface area contributed by atoms with E-state index in [0.717, 1.165) is 37.7 Å². The summed E-state index contributed by atoms with van der Waals surface area (Å²) >= 11 is 6.18. The van der Waals surface area contributed by atoms with Gasteiger partial charge in [0.2, 0.25) is 0 Å². The normalized spacial score (nSPS) is 21.7. The lowest BCUT2D eigenvalue weighted by Crippen LogP contribution is -2.55. The molecule has 0 aliphatic carbocycles. The molecule has 2 aliphatic rings. The van der Waals surface area contributed by atoms with Gasteiger partial charge in [-0.3, -0.25) is 9.80 Å². The first kappa shape index (κ1) is 19.0. The minimum Gasteiger partial charge on any atom is -0.369 e. The second-order valence-electron chi connectivity index (χ2n) is 8.39. The van der Waals surface area contributed by atoms with Crippen LogP contribution < -0.4 is 4.90 Å². The Balaban J connectivity index is 1.19. The van der Waals surface area contributed by atoms with Crippen LogP contribution in [0.5, 0.6) is 0 Å². The molecule has 0 bridgehead atoms. The Bertz CT molecular complexity index is 960. The molecule has 5 rings (SSSR count). The molecule has 0 saturated carbocycles. The second-order valence-corrected chi connectivity index (χ2v) is 8.83. The summed E-state index contributed by atoms with van der Waals surface area (Å²) in [5.74, 6) is 0. The number of likely N-dealkylation sites (tertiary alicyclic amines) is 1. The van der Waals surface area contributed by atoms with E-state index in [2.05, 4.69) is 62.3 Å². The number of H-pyrrole nitrogens is 1. The van der Waals surface area contributed by atoms with Crippen LogP contribution in [-0.2, 0) is 6.54 Å². The number of anilines is 1. The fourth-order valence-corrected chi connectivity index (χ4v) is 5.18. The number of aromatic nitrogens is 1. The van der Waals surface area contributed by atoms with Crippen LogP contribution in [0.15, 0.2) is 54.7 Å². The number of aromatic amines is 1. The van der Waals surface area contributed by atoms with Crippen molar-refractivity contribution in [2.45, 2.75) is 25.4 Å². The molecule has 2 aliphatic heterocycles. The first-order valence-electron chi connectivity index (χ1n) is 10.8. The molecule has 1 aromatic heterocycles. The van der Waals surface area contributed by atoms with Crippen molar-refractivity contribution in [3.8, 4) is 0 Å². The van der Waals surface area contributed by atoms with Crippen LogP contribution in [0.4, 0.5) is 5.69 Å². The Morgan fingerprint density at radius 3 is 2.69 bits per heavy atom. The highest BCUT2D eigenvalue weighted by atomic mass is 35.5. The van der Waals surface area contributed by atoms with E-state index in [4.69, 9.17) is 11.6 Å². The number of nitrogens with one attached hydrogen (secondary N) is 1. The molecule has 4 nitrogen and oxygen atoms in total. The maximum atomic E-state index is 6.18. The Kier molecular flexibility index (Phi) is 5.49. The van der Waals surface area contributed by atoms with E-state index >= 15 is 0 Å². The Morgan fingerprint density at radius 1 is 0.966 bits per heavy atom. The monoisotopic (exact) mass is 408 g/mol. The first-order chi connectivity index (χ1) is 14.3. The molecule has 29 heavy (non-hydrogen) atoms. The SMILES string of the molecule is Clc1cccc(N2CCN([C@@H]3CCCN(Cc4c[nH]c5ccccc45)C3)CC2)c1. The lowest BCUT2D eigenvalue weighted by molar-refractivity contribution is 0.0890. The van der Waals surface area contributed by atoms with Crippen molar-refractivity contribution in [2.75, 3.05) is 44.2 Å². The van der Waals surface area contributed by atoms with Crippen LogP contribution in [0.2, 0.25) is 5.02 Å². The van der Waals surface area contributed by atoms with Gasteiger partial charge in [-0.25, -0.2) is 0 Å². The molecule has 3 aromatic rings. The van der Waals surface area contributed by atoms with Crippen LogP contribution in [0.3, 0.4) is 0 Å². The molecule has 0 spiro atoms. The molecular formula is C24H29ClN4. The molecule has 152 valence electrons. The number of rotatable bonds is 4. The topological polar surface area (TPSA) is 25.5 Å². The average Bonchev–Trinajstić information content (AvgIpc) is 3.17. The Morgan fingerprint density at radius 2 is 1.83 bits per heavy atom. The summed E-state index contributed by atoms with van der Waals surface area (Å²) in [4.78, 5) is 11.2. The van der Waals surface area contributed by atoms with Gasteiger partial charge in [-0.1, -0.05) is 35.9 Å². The number of hydrogen-bond acceptors (Lipinski definition) is 3. The summed E-state index contributed by atoms with van der Waals surface area (Å²) < 4.78 is 0. The lowest BCUT2D eigenvalue weighted by atomic mass is 10.0. The van der Waals surface area contributed by atoms with Gasteiger partial charge in [-0.05, 0) is 49.2 Å². The fraction of sp³-hybridized carbons (Fsp3) is 0.417. The van der Waals surface area contributed by atoms with Crippen LogP contribution in [-0.4, -0.2) is 60.1 Å². The van der Waals surface area contributed by atoms with Crippen molar-refractivity contribution in [3.05, 3.63) is 65.3 Å². The van der Waals surface area contributed by atoms with E-state index < -0.39 is 0 Å². The smallest absolute Gasteiger partial charge is 0.0457 e. The van der Waals surface area contributed by atoms with Crippen molar-refractivity contribution >= 4 is 28.2 Å². The molecular weight excluding hydrogens is 380 g/mol. The first-order valence-corrected chi connectivity index (χ1v) is 11.2.